The van der Waals surface area contributed by atoms with Crippen molar-refractivity contribution in [3.05, 3.63) is 16.0 Å². The Bertz CT molecular complexity index is 601. The van der Waals surface area contributed by atoms with Gasteiger partial charge in [-0.2, -0.15) is 5.26 Å². The fraction of sp³-hybridized carbons (Fsp3) is 0.417. The molecule has 0 radical (unpaired) electrons. The molecular formula is C12H14N2O8S. The van der Waals surface area contributed by atoms with Crippen LogP contribution < -0.4 is 4.90 Å². The van der Waals surface area contributed by atoms with Crippen LogP contribution in [0, 0.1) is 11.3 Å². The van der Waals surface area contributed by atoms with Gasteiger partial charge in [-0.25, -0.2) is 24.3 Å². The first-order chi connectivity index (χ1) is 11.0. The normalized spacial score (nSPS) is 10.3. The van der Waals surface area contributed by atoms with Crippen LogP contribution in [0.25, 0.3) is 0 Å². The minimum Gasteiger partial charge on any atom is -0.481 e. The van der Waals surface area contributed by atoms with Crippen molar-refractivity contribution < 1.29 is 39.4 Å². The van der Waals surface area contributed by atoms with Gasteiger partial charge in [0.05, 0.1) is 26.2 Å². The molecule has 10 nitrogen and oxygen atoms in total. The Labute approximate surface area is 134 Å². The van der Waals surface area contributed by atoms with Gasteiger partial charge in [0.1, 0.15) is 15.9 Å². The lowest BCUT2D eigenvalue weighted by Gasteiger charge is -2.20. The molecule has 0 fully saturated rings. The van der Waals surface area contributed by atoms with Crippen molar-refractivity contribution in [3.63, 3.8) is 0 Å². The van der Waals surface area contributed by atoms with Crippen molar-refractivity contribution in [2.24, 2.45) is 0 Å². The number of nitrogens with zero attached hydrogens (tertiary/aromatic N) is 2. The number of carbonyl (C=O) groups is 2. The van der Waals surface area contributed by atoms with E-state index in [1.54, 1.807) is 0 Å². The quantitative estimate of drug-likeness (QED) is 0.355. The van der Waals surface area contributed by atoms with E-state index in [9.17, 15) is 20.0 Å². The van der Waals surface area contributed by atoms with E-state index in [1.807, 2.05) is 6.07 Å². The molecule has 0 atom stereocenters. The maximum absolute atomic E-state index is 11.3. The highest BCUT2D eigenvalue weighted by atomic mass is 32.1. The van der Waals surface area contributed by atoms with Crippen LogP contribution in [0.1, 0.15) is 20.8 Å². The summed E-state index contributed by atoms with van der Waals surface area (Å²) in [7, 11) is 2.54. The van der Waals surface area contributed by atoms with Crippen molar-refractivity contribution in [3.8, 4) is 6.07 Å². The molecule has 1 heterocycles. The summed E-state index contributed by atoms with van der Waals surface area (Å²) in [4.78, 5) is 41.8. The van der Waals surface area contributed by atoms with Crippen LogP contribution in [-0.2, 0) is 30.8 Å². The zero-order valence-corrected chi connectivity index (χ0v) is 13.1. The van der Waals surface area contributed by atoms with Gasteiger partial charge in [-0.15, -0.1) is 11.3 Å². The fourth-order valence-electron chi connectivity index (χ4n) is 1.67. The van der Waals surface area contributed by atoms with Gasteiger partial charge < -0.3 is 15.1 Å². The highest BCUT2D eigenvalue weighted by Crippen LogP contribution is 2.36. The second-order valence-corrected chi connectivity index (χ2v) is 4.94. The van der Waals surface area contributed by atoms with E-state index < -0.39 is 18.4 Å². The minimum atomic E-state index is -1.32. The van der Waals surface area contributed by atoms with E-state index in [4.69, 9.17) is 14.9 Å². The first-order valence-corrected chi connectivity index (χ1v) is 6.84. The number of thiophene rings is 1. The molecule has 0 saturated carbocycles. The molecule has 0 bridgehead atoms. The van der Waals surface area contributed by atoms with Gasteiger partial charge in [-0.1, -0.05) is 0 Å². The standard InChI is InChI=1S/C12H14N2O8S/c1-19-21-5-14(6-22-20-2)11-8(4-13)7(3-9(15)16)10(23-11)12(17)18/h3,5-6H2,1-2H3,(H,15,16)(H,17,18). The number of carboxylic acid groups (broad SMARTS) is 2. The molecular weight excluding hydrogens is 332 g/mol. The monoisotopic (exact) mass is 346 g/mol. The van der Waals surface area contributed by atoms with Gasteiger partial charge in [-0.3, -0.25) is 4.79 Å². The van der Waals surface area contributed by atoms with Crippen LogP contribution in [0.4, 0.5) is 5.00 Å². The van der Waals surface area contributed by atoms with E-state index in [-0.39, 0.29) is 34.5 Å². The first kappa shape index (κ1) is 18.8. The van der Waals surface area contributed by atoms with Crippen LogP contribution in [0.3, 0.4) is 0 Å². The van der Waals surface area contributed by atoms with Crippen LogP contribution in [-0.4, -0.2) is 49.8 Å². The van der Waals surface area contributed by atoms with E-state index in [2.05, 4.69) is 9.78 Å². The number of aromatic carboxylic acids is 1. The third-order valence-electron chi connectivity index (χ3n) is 2.56. The molecule has 0 spiro atoms. The van der Waals surface area contributed by atoms with Gasteiger partial charge in [0.25, 0.3) is 0 Å². The molecule has 2 N–H and O–H groups in total. The Morgan fingerprint density at radius 3 is 2.17 bits per heavy atom. The molecule has 0 aromatic carbocycles. The topological polar surface area (TPSA) is 139 Å². The molecule has 1 rings (SSSR count). The van der Waals surface area contributed by atoms with Crippen molar-refractivity contribution in [1.29, 1.82) is 5.26 Å². The van der Waals surface area contributed by atoms with Crippen molar-refractivity contribution in [2.45, 2.75) is 6.42 Å². The Kier molecular flexibility index (Phi) is 7.39. The first-order valence-electron chi connectivity index (χ1n) is 6.03. The molecule has 0 saturated heterocycles. The molecule has 1 aromatic heterocycles. The molecule has 0 aliphatic carbocycles. The van der Waals surface area contributed by atoms with Crippen molar-refractivity contribution in [2.75, 3.05) is 32.6 Å². The van der Waals surface area contributed by atoms with Gasteiger partial charge >= 0.3 is 11.9 Å². The van der Waals surface area contributed by atoms with Gasteiger partial charge in [0.2, 0.25) is 0 Å². The van der Waals surface area contributed by atoms with Crippen LogP contribution in [0.2, 0.25) is 0 Å². The average molecular weight is 346 g/mol. The Morgan fingerprint density at radius 2 is 1.78 bits per heavy atom. The molecule has 0 unspecified atom stereocenters. The van der Waals surface area contributed by atoms with Crippen molar-refractivity contribution in [1.82, 2.24) is 0 Å². The lowest BCUT2D eigenvalue weighted by Crippen LogP contribution is -2.28. The summed E-state index contributed by atoms with van der Waals surface area (Å²) >= 11 is 0.739. The van der Waals surface area contributed by atoms with Gasteiger partial charge in [-0.05, 0) is 0 Å². The Balaban J connectivity index is 3.33. The van der Waals surface area contributed by atoms with E-state index in [1.165, 1.54) is 19.1 Å². The van der Waals surface area contributed by atoms with Crippen LogP contribution in [0.15, 0.2) is 0 Å². The van der Waals surface area contributed by atoms with Crippen LogP contribution >= 0.6 is 11.3 Å². The third-order valence-corrected chi connectivity index (χ3v) is 3.84. The molecule has 126 valence electrons. The SMILES string of the molecule is COOCN(COOC)c1sc(C(=O)O)c(CC(=O)O)c1C#N. The highest BCUT2D eigenvalue weighted by molar-refractivity contribution is 7.18. The molecule has 0 amide bonds. The maximum Gasteiger partial charge on any atom is 0.346 e. The summed E-state index contributed by atoms with van der Waals surface area (Å²) in [6.45, 7) is -0.388. The lowest BCUT2D eigenvalue weighted by molar-refractivity contribution is -0.293. The van der Waals surface area contributed by atoms with E-state index in [0.29, 0.717) is 0 Å². The average Bonchev–Trinajstić information content (AvgIpc) is 2.85. The minimum absolute atomic E-state index is 0.0748. The molecule has 1 aromatic rings. The number of rotatable bonds is 10. The number of anilines is 1. The Hall–Kier alpha value is -2.23. The molecule has 23 heavy (non-hydrogen) atoms. The molecule has 0 aliphatic heterocycles. The zero-order chi connectivity index (χ0) is 17.4. The zero-order valence-electron chi connectivity index (χ0n) is 12.3. The smallest absolute Gasteiger partial charge is 0.346 e. The largest absolute Gasteiger partial charge is 0.481 e. The number of nitriles is 1. The number of carboxylic acids is 2. The Morgan fingerprint density at radius 1 is 1.22 bits per heavy atom. The number of hydrogen-bond donors (Lipinski definition) is 2. The number of aliphatic carboxylic acids is 1. The predicted octanol–water partition coefficient (Wildman–Crippen LogP) is 0.822. The summed E-state index contributed by atoms with van der Waals surface area (Å²) in [5.74, 6) is -2.57. The molecule has 0 aliphatic rings. The summed E-state index contributed by atoms with van der Waals surface area (Å²) in [6, 6.07) is 1.83. The predicted molar refractivity (Wildman–Crippen MR) is 75.7 cm³/mol. The van der Waals surface area contributed by atoms with Gasteiger partial charge in [0.15, 0.2) is 13.5 Å². The lowest BCUT2D eigenvalue weighted by atomic mass is 10.1. The summed E-state index contributed by atoms with van der Waals surface area (Å²) in [6.07, 6.45) is -0.592. The highest BCUT2D eigenvalue weighted by Gasteiger charge is 2.27. The third kappa shape index (κ3) is 4.88. The molecule has 11 heteroatoms. The van der Waals surface area contributed by atoms with Gasteiger partial charge in [0, 0.05) is 5.56 Å². The van der Waals surface area contributed by atoms with Crippen molar-refractivity contribution >= 4 is 28.3 Å². The van der Waals surface area contributed by atoms with E-state index >= 15 is 0 Å². The summed E-state index contributed by atoms with van der Waals surface area (Å²) < 4.78 is 0. The van der Waals surface area contributed by atoms with Crippen LogP contribution in [0.5, 0.6) is 0 Å². The second-order valence-electron chi connectivity index (χ2n) is 3.94. The fourth-order valence-corrected chi connectivity index (χ4v) is 2.75. The summed E-state index contributed by atoms with van der Waals surface area (Å²) in [5, 5.41) is 27.6. The summed E-state index contributed by atoms with van der Waals surface area (Å²) in [5.41, 5.74) is -0.151. The maximum atomic E-state index is 11.3. The second kappa shape index (κ2) is 9.03. The number of hydrogen-bond acceptors (Lipinski definition) is 9. The van der Waals surface area contributed by atoms with E-state index in [0.717, 1.165) is 11.3 Å².